The van der Waals surface area contributed by atoms with Crippen LogP contribution in [0.3, 0.4) is 0 Å². The minimum absolute atomic E-state index is 0. The lowest BCUT2D eigenvalue weighted by atomic mass is 10.0. The first-order valence-corrected chi connectivity index (χ1v) is 8.70. The minimum atomic E-state index is 0. The number of nitrogens with zero attached hydrogens (tertiary/aromatic N) is 2. The number of aromatic nitrogens is 1. The van der Waals surface area contributed by atoms with Gasteiger partial charge in [0.05, 0.1) is 13.7 Å². The van der Waals surface area contributed by atoms with Crippen LogP contribution in [0, 0.1) is 6.92 Å². The van der Waals surface area contributed by atoms with Crippen molar-refractivity contribution in [1.29, 1.82) is 0 Å². The number of guanidine groups is 1. The summed E-state index contributed by atoms with van der Waals surface area (Å²) in [6.07, 6.45) is 1.72. The maximum Gasteiger partial charge on any atom is 0.218 e. The summed E-state index contributed by atoms with van der Waals surface area (Å²) < 4.78 is 5.28. The first-order chi connectivity index (χ1) is 12.1. The normalized spacial score (nSPS) is 12.1. The van der Waals surface area contributed by atoms with Crippen LogP contribution in [-0.2, 0) is 6.54 Å². The van der Waals surface area contributed by atoms with Gasteiger partial charge < -0.3 is 15.4 Å². The summed E-state index contributed by atoms with van der Waals surface area (Å²) >= 11 is 0. The van der Waals surface area contributed by atoms with Crippen molar-refractivity contribution < 1.29 is 4.74 Å². The third kappa shape index (κ3) is 6.82. The number of benzene rings is 1. The van der Waals surface area contributed by atoms with Crippen LogP contribution in [0.4, 0.5) is 0 Å². The standard InChI is InChI=1S/C20H28N4O.HI/c1-5-21-20(24-14-18-7-6-12-22-19(18)25-4)23-13-16(3)17-10-8-15(2)9-11-17;/h6-12,16H,5,13-14H2,1-4H3,(H2,21,23,24);1H. The van der Waals surface area contributed by atoms with E-state index in [-0.39, 0.29) is 24.0 Å². The summed E-state index contributed by atoms with van der Waals surface area (Å²) in [4.78, 5) is 8.86. The number of methoxy groups -OCH3 is 1. The van der Waals surface area contributed by atoms with E-state index in [0.717, 1.165) is 24.6 Å². The van der Waals surface area contributed by atoms with Crippen molar-refractivity contribution in [3.8, 4) is 5.88 Å². The van der Waals surface area contributed by atoms with Crippen molar-refractivity contribution in [3.05, 3.63) is 59.3 Å². The largest absolute Gasteiger partial charge is 0.481 e. The summed E-state index contributed by atoms with van der Waals surface area (Å²) in [6.45, 7) is 8.53. The molecule has 0 saturated heterocycles. The molecular weight excluding hydrogens is 439 g/mol. The first kappa shape index (κ1) is 22.2. The van der Waals surface area contributed by atoms with Crippen LogP contribution in [0.25, 0.3) is 0 Å². The first-order valence-electron chi connectivity index (χ1n) is 8.70. The van der Waals surface area contributed by atoms with Gasteiger partial charge in [-0.25, -0.2) is 9.98 Å². The van der Waals surface area contributed by atoms with Crippen molar-refractivity contribution in [3.63, 3.8) is 0 Å². The van der Waals surface area contributed by atoms with E-state index in [1.807, 2.05) is 12.1 Å². The second kappa shape index (κ2) is 11.7. The molecule has 6 heteroatoms. The topological polar surface area (TPSA) is 58.5 Å². The molecule has 0 aliphatic carbocycles. The molecule has 26 heavy (non-hydrogen) atoms. The Morgan fingerprint density at radius 3 is 2.58 bits per heavy atom. The van der Waals surface area contributed by atoms with Crippen molar-refractivity contribution in [2.24, 2.45) is 4.99 Å². The van der Waals surface area contributed by atoms with Gasteiger partial charge in [0, 0.05) is 24.8 Å². The number of nitrogens with one attached hydrogen (secondary N) is 2. The zero-order valence-corrected chi connectivity index (χ0v) is 18.3. The number of hydrogen-bond acceptors (Lipinski definition) is 3. The second-order valence-corrected chi connectivity index (χ2v) is 6.06. The highest BCUT2D eigenvalue weighted by atomic mass is 127. The van der Waals surface area contributed by atoms with Gasteiger partial charge >= 0.3 is 0 Å². The molecule has 2 N–H and O–H groups in total. The SMILES string of the molecule is CCNC(=NCc1cccnc1OC)NCC(C)c1ccc(C)cc1.I. The van der Waals surface area contributed by atoms with Gasteiger partial charge in [0.1, 0.15) is 0 Å². The Morgan fingerprint density at radius 2 is 1.92 bits per heavy atom. The van der Waals surface area contributed by atoms with Crippen LogP contribution in [0.5, 0.6) is 5.88 Å². The van der Waals surface area contributed by atoms with E-state index in [2.05, 4.69) is 65.6 Å². The molecule has 0 radical (unpaired) electrons. The fraction of sp³-hybridized carbons (Fsp3) is 0.400. The molecule has 0 aliphatic heterocycles. The monoisotopic (exact) mass is 468 g/mol. The number of aryl methyl sites for hydroxylation is 1. The fourth-order valence-electron chi connectivity index (χ4n) is 2.50. The minimum Gasteiger partial charge on any atom is -0.481 e. The zero-order chi connectivity index (χ0) is 18.1. The number of ether oxygens (including phenoxy) is 1. The van der Waals surface area contributed by atoms with Gasteiger partial charge in [-0.05, 0) is 31.4 Å². The maximum absolute atomic E-state index is 5.28. The molecule has 5 nitrogen and oxygen atoms in total. The number of rotatable bonds is 7. The zero-order valence-electron chi connectivity index (χ0n) is 16.0. The molecule has 0 saturated carbocycles. The highest BCUT2D eigenvalue weighted by molar-refractivity contribution is 14.0. The molecule has 0 fully saturated rings. The summed E-state index contributed by atoms with van der Waals surface area (Å²) in [6, 6.07) is 12.6. The Balaban J connectivity index is 0.00000338. The van der Waals surface area contributed by atoms with E-state index in [0.29, 0.717) is 18.3 Å². The molecule has 1 atom stereocenters. The molecule has 0 aliphatic rings. The predicted octanol–water partition coefficient (Wildman–Crippen LogP) is 3.88. The molecule has 0 spiro atoms. The maximum atomic E-state index is 5.28. The Labute approximate surface area is 173 Å². The molecule has 142 valence electrons. The van der Waals surface area contributed by atoms with E-state index in [1.165, 1.54) is 11.1 Å². The lowest BCUT2D eigenvalue weighted by Crippen LogP contribution is -2.39. The van der Waals surface area contributed by atoms with Crippen LogP contribution in [0.2, 0.25) is 0 Å². The molecule has 0 bridgehead atoms. The lowest BCUT2D eigenvalue weighted by molar-refractivity contribution is 0.392. The van der Waals surface area contributed by atoms with Gasteiger partial charge in [-0.15, -0.1) is 24.0 Å². The third-order valence-electron chi connectivity index (χ3n) is 4.02. The van der Waals surface area contributed by atoms with Gasteiger partial charge in [0.15, 0.2) is 5.96 Å². The third-order valence-corrected chi connectivity index (χ3v) is 4.02. The van der Waals surface area contributed by atoms with Crippen LogP contribution >= 0.6 is 24.0 Å². The van der Waals surface area contributed by atoms with Crippen molar-refractivity contribution >= 4 is 29.9 Å². The summed E-state index contributed by atoms with van der Waals surface area (Å²) in [5.74, 6) is 1.82. The summed E-state index contributed by atoms with van der Waals surface area (Å²) in [5, 5.41) is 6.70. The highest BCUT2D eigenvalue weighted by Gasteiger charge is 2.07. The van der Waals surface area contributed by atoms with E-state index in [9.17, 15) is 0 Å². The highest BCUT2D eigenvalue weighted by Crippen LogP contribution is 2.16. The van der Waals surface area contributed by atoms with Crippen molar-refractivity contribution in [2.45, 2.75) is 33.2 Å². The van der Waals surface area contributed by atoms with Gasteiger partial charge in [-0.1, -0.05) is 42.8 Å². The molecule has 1 aromatic heterocycles. The lowest BCUT2D eigenvalue weighted by Gasteiger charge is -2.16. The van der Waals surface area contributed by atoms with Crippen LogP contribution in [0.1, 0.15) is 36.5 Å². The Hall–Kier alpha value is -1.83. The van der Waals surface area contributed by atoms with Crippen molar-refractivity contribution in [2.75, 3.05) is 20.2 Å². The summed E-state index contributed by atoms with van der Waals surface area (Å²) in [7, 11) is 1.63. The Kier molecular flexibility index (Phi) is 10.0. The van der Waals surface area contributed by atoms with Crippen LogP contribution in [0.15, 0.2) is 47.6 Å². The van der Waals surface area contributed by atoms with Gasteiger partial charge in [-0.2, -0.15) is 0 Å². The van der Waals surface area contributed by atoms with Gasteiger partial charge in [0.2, 0.25) is 5.88 Å². The average molecular weight is 468 g/mol. The molecule has 1 aromatic carbocycles. The molecule has 0 amide bonds. The Morgan fingerprint density at radius 1 is 1.19 bits per heavy atom. The molecular formula is C20H29IN4O. The van der Waals surface area contributed by atoms with Crippen LogP contribution in [-0.4, -0.2) is 31.1 Å². The van der Waals surface area contributed by atoms with E-state index in [1.54, 1.807) is 13.3 Å². The molecule has 1 unspecified atom stereocenters. The van der Waals surface area contributed by atoms with E-state index < -0.39 is 0 Å². The summed E-state index contributed by atoms with van der Waals surface area (Å²) in [5.41, 5.74) is 3.57. The number of halogens is 1. The quantitative estimate of drug-likeness (QED) is 0.368. The second-order valence-electron chi connectivity index (χ2n) is 6.06. The van der Waals surface area contributed by atoms with Gasteiger partial charge in [-0.3, -0.25) is 0 Å². The van der Waals surface area contributed by atoms with Crippen molar-refractivity contribution in [1.82, 2.24) is 15.6 Å². The van der Waals surface area contributed by atoms with E-state index >= 15 is 0 Å². The average Bonchev–Trinajstić information content (AvgIpc) is 2.64. The molecule has 1 heterocycles. The number of hydrogen-bond donors (Lipinski definition) is 2. The fourth-order valence-corrected chi connectivity index (χ4v) is 2.50. The Bertz CT molecular complexity index is 688. The van der Waals surface area contributed by atoms with E-state index in [4.69, 9.17) is 4.74 Å². The van der Waals surface area contributed by atoms with Crippen LogP contribution < -0.4 is 15.4 Å². The molecule has 2 aromatic rings. The number of aliphatic imine (C=N–C) groups is 1. The molecule has 2 rings (SSSR count). The van der Waals surface area contributed by atoms with Gasteiger partial charge in [0.25, 0.3) is 0 Å². The number of pyridine rings is 1. The smallest absolute Gasteiger partial charge is 0.218 e. The predicted molar refractivity (Wildman–Crippen MR) is 119 cm³/mol.